The summed E-state index contributed by atoms with van der Waals surface area (Å²) in [6, 6.07) is 9.18. The molecule has 14 heavy (non-hydrogen) atoms. The standard InChI is InChI=1S/C9H8N2O2S/c12-8-6-11(9(14)10-8)13-7-4-2-1-3-5-7/h1-5H,6H2,(H,10,12,14). The molecule has 0 unspecified atom stereocenters. The summed E-state index contributed by atoms with van der Waals surface area (Å²) in [5.41, 5.74) is 0. The highest BCUT2D eigenvalue weighted by Gasteiger charge is 2.25. The second kappa shape index (κ2) is 3.63. The Labute approximate surface area is 86.4 Å². The van der Waals surface area contributed by atoms with Crippen LogP contribution in [-0.4, -0.2) is 22.6 Å². The number of para-hydroxylation sites is 1. The number of carbonyl (C=O) groups excluding carboxylic acids is 1. The fraction of sp³-hybridized carbons (Fsp3) is 0.111. The van der Waals surface area contributed by atoms with Crippen molar-refractivity contribution in [1.82, 2.24) is 10.4 Å². The minimum atomic E-state index is -0.147. The molecule has 1 aromatic rings. The van der Waals surface area contributed by atoms with Gasteiger partial charge in [-0.1, -0.05) is 18.2 Å². The Balaban J connectivity index is 2.05. The van der Waals surface area contributed by atoms with Crippen molar-refractivity contribution >= 4 is 23.2 Å². The molecule has 0 saturated carbocycles. The van der Waals surface area contributed by atoms with Crippen LogP contribution in [0.25, 0.3) is 0 Å². The van der Waals surface area contributed by atoms with Gasteiger partial charge in [0.2, 0.25) is 11.0 Å². The summed E-state index contributed by atoms with van der Waals surface area (Å²) in [5.74, 6) is 0.511. The van der Waals surface area contributed by atoms with E-state index in [-0.39, 0.29) is 12.5 Å². The molecule has 4 nitrogen and oxygen atoms in total. The van der Waals surface area contributed by atoms with Gasteiger partial charge >= 0.3 is 0 Å². The van der Waals surface area contributed by atoms with Crippen molar-refractivity contribution in [2.75, 3.05) is 6.54 Å². The van der Waals surface area contributed by atoms with Crippen LogP contribution in [0.5, 0.6) is 5.75 Å². The summed E-state index contributed by atoms with van der Waals surface area (Å²) in [7, 11) is 0. The SMILES string of the molecule is O=C1CN(Oc2ccccc2)C(=S)N1. The van der Waals surface area contributed by atoms with Crippen LogP contribution >= 0.6 is 12.2 Å². The first-order valence-corrected chi connectivity index (χ1v) is 4.51. The van der Waals surface area contributed by atoms with E-state index in [1.807, 2.05) is 18.2 Å². The maximum absolute atomic E-state index is 10.9. The van der Waals surface area contributed by atoms with Gasteiger partial charge in [-0.2, -0.15) is 5.06 Å². The van der Waals surface area contributed by atoms with E-state index in [9.17, 15) is 4.79 Å². The molecule has 1 saturated heterocycles. The zero-order chi connectivity index (χ0) is 9.97. The van der Waals surface area contributed by atoms with Gasteiger partial charge in [-0.05, 0) is 24.4 Å². The normalized spacial score (nSPS) is 15.6. The van der Waals surface area contributed by atoms with Gasteiger partial charge in [0.1, 0.15) is 6.54 Å². The number of carbonyl (C=O) groups is 1. The lowest BCUT2D eigenvalue weighted by atomic mass is 10.3. The summed E-state index contributed by atoms with van der Waals surface area (Å²) in [5, 5.41) is 4.14. The van der Waals surface area contributed by atoms with Gasteiger partial charge in [0.05, 0.1) is 0 Å². The minimum absolute atomic E-state index is 0.147. The molecule has 1 aromatic carbocycles. The zero-order valence-corrected chi connectivity index (χ0v) is 8.08. The first kappa shape index (κ1) is 8.96. The fourth-order valence-electron chi connectivity index (χ4n) is 1.11. The Morgan fingerprint density at radius 1 is 1.36 bits per heavy atom. The molecule has 2 rings (SSSR count). The molecule has 1 amide bonds. The van der Waals surface area contributed by atoms with Crippen molar-refractivity contribution in [2.45, 2.75) is 0 Å². The van der Waals surface area contributed by atoms with Crippen molar-refractivity contribution in [3.05, 3.63) is 30.3 Å². The first-order valence-electron chi connectivity index (χ1n) is 4.10. The molecule has 1 heterocycles. The lowest BCUT2D eigenvalue weighted by Crippen LogP contribution is -2.30. The van der Waals surface area contributed by atoms with Crippen LogP contribution in [0, 0.1) is 0 Å². The lowest BCUT2D eigenvalue weighted by Gasteiger charge is -2.15. The molecule has 0 spiro atoms. The Hall–Kier alpha value is -1.62. The summed E-state index contributed by atoms with van der Waals surface area (Å²) in [6.45, 7) is 0.147. The summed E-state index contributed by atoms with van der Waals surface area (Å²) in [6.07, 6.45) is 0. The molecule has 0 radical (unpaired) electrons. The summed E-state index contributed by atoms with van der Waals surface area (Å²) < 4.78 is 0. The van der Waals surface area contributed by atoms with Crippen LogP contribution in [0.1, 0.15) is 0 Å². The highest BCUT2D eigenvalue weighted by molar-refractivity contribution is 7.80. The Morgan fingerprint density at radius 2 is 2.07 bits per heavy atom. The second-order valence-electron chi connectivity index (χ2n) is 2.79. The number of nitrogens with one attached hydrogen (secondary N) is 1. The monoisotopic (exact) mass is 208 g/mol. The lowest BCUT2D eigenvalue weighted by molar-refractivity contribution is -0.120. The van der Waals surface area contributed by atoms with Crippen LogP contribution in [0.15, 0.2) is 30.3 Å². The highest BCUT2D eigenvalue weighted by atomic mass is 32.1. The number of rotatable bonds is 2. The van der Waals surface area contributed by atoms with Gasteiger partial charge in [0.15, 0.2) is 5.75 Å². The summed E-state index contributed by atoms with van der Waals surface area (Å²) >= 11 is 4.89. The Bertz CT molecular complexity index is 366. The van der Waals surface area contributed by atoms with Crippen molar-refractivity contribution in [2.24, 2.45) is 0 Å². The average molecular weight is 208 g/mol. The van der Waals surface area contributed by atoms with E-state index in [1.54, 1.807) is 12.1 Å². The molecule has 0 aliphatic carbocycles. The number of amides is 1. The fourth-order valence-corrected chi connectivity index (χ4v) is 1.32. The van der Waals surface area contributed by atoms with Crippen molar-refractivity contribution < 1.29 is 9.63 Å². The van der Waals surface area contributed by atoms with Gasteiger partial charge in [-0.15, -0.1) is 0 Å². The van der Waals surface area contributed by atoms with Gasteiger partial charge in [-0.3, -0.25) is 10.1 Å². The van der Waals surface area contributed by atoms with Gasteiger partial charge in [-0.25, -0.2) is 0 Å². The molecule has 1 aliphatic rings. The predicted octanol–water partition coefficient (Wildman–Crippen LogP) is 0.697. The molecular weight excluding hydrogens is 200 g/mol. The van der Waals surface area contributed by atoms with Gasteiger partial charge < -0.3 is 4.84 Å². The van der Waals surface area contributed by atoms with Crippen LogP contribution < -0.4 is 10.2 Å². The highest BCUT2D eigenvalue weighted by Crippen LogP contribution is 2.11. The number of hydroxylamine groups is 2. The quantitative estimate of drug-likeness (QED) is 0.726. The zero-order valence-electron chi connectivity index (χ0n) is 7.27. The third-order valence-electron chi connectivity index (χ3n) is 1.72. The molecular formula is C9H8N2O2S. The molecule has 1 aliphatic heterocycles. The first-order chi connectivity index (χ1) is 6.75. The minimum Gasteiger partial charge on any atom is -0.377 e. The topological polar surface area (TPSA) is 41.6 Å². The van der Waals surface area contributed by atoms with Gasteiger partial charge in [0.25, 0.3) is 0 Å². The number of benzene rings is 1. The van der Waals surface area contributed by atoms with Crippen LogP contribution in [0.2, 0.25) is 0 Å². The summed E-state index contributed by atoms with van der Waals surface area (Å²) in [4.78, 5) is 16.3. The molecule has 0 aromatic heterocycles. The molecule has 72 valence electrons. The Kier molecular flexibility index (Phi) is 2.32. The van der Waals surface area contributed by atoms with E-state index >= 15 is 0 Å². The maximum Gasteiger partial charge on any atom is 0.249 e. The molecule has 0 atom stereocenters. The molecule has 5 heteroatoms. The Morgan fingerprint density at radius 3 is 2.64 bits per heavy atom. The number of hydrogen-bond acceptors (Lipinski definition) is 3. The van der Waals surface area contributed by atoms with Crippen LogP contribution in [-0.2, 0) is 4.79 Å². The molecule has 1 N–H and O–H groups in total. The maximum atomic E-state index is 10.9. The van der Waals surface area contributed by atoms with Gasteiger partial charge in [0, 0.05) is 0 Å². The average Bonchev–Trinajstić information content (AvgIpc) is 2.47. The van der Waals surface area contributed by atoms with E-state index in [1.165, 1.54) is 5.06 Å². The number of nitrogens with zero attached hydrogens (tertiary/aromatic N) is 1. The third-order valence-corrected chi connectivity index (χ3v) is 2.02. The van der Waals surface area contributed by atoms with E-state index in [2.05, 4.69) is 5.32 Å². The smallest absolute Gasteiger partial charge is 0.249 e. The van der Waals surface area contributed by atoms with Crippen molar-refractivity contribution in [3.63, 3.8) is 0 Å². The van der Waals surface area contributed by atoms with E-state index < -0.39 is 0 Å². The van der Waals surface area contributed by atoms with Crippen molar-refractivity contribution in [3.8, 4) is 5.75 Å². The van der Waals surface area contributed by atoms with E-state index in [4.69, 9.17) is 17.1 Å². The molecule has 0 bridgehead atoms. The van der Waals surface area contributed by atoms with E-state index in [0.29, 0.717) is 10.9 Å². The van der Waals surface area contributed by atoms with Crippen LogP contribution in [0.3, 0.4) is 0 Å². The van der Waals surface area contributed by atoms with Crippen LogP contribution in [0.4, 0.5) is 0 Å². The van der Waals surface area contributed by atoms with E-state index in [0.717, 1.165) is 0 Å². The third kappa shape index (κ3) is 1.82. The number of hydrogen-bond donors (Lipinski definition) is 1. The largest absolute Gasteiger partial charge is 0.377 e. The number of thiocarbonyl (C=S) groups is 1. The second-order valence-corrected chi connectivity index (χ2v) is 3.18. The molecule has 1 fully saturated rings. The van der Waals surface area contributed by atoms with Crippen molar-refractivity contribution in [1.29, 1.82) is 0 Å². The predicted molar refractivity (Wildman–Crippen MR) is 54.5 cm³/mol.